The van der Waals surface area contributed by atoms with E-state index < -0.39 is 6.04 Å². The number of amides is 1. The Morgan fingerprint density at radius 3 is 2.40 bits per heavy atom. The zero-order valence-corrected chi connectivity index (χ0v) is 13.9. The lowest BCUT2D eigenvalue weighted by atomic mass is 10.1. The smallest absolute Gasteiger partial charge is 0.328 e. The zero-order valence-electron chi connectivity index (χ0n) is 13.1. The Bertz CT molecular complexity index is 272. The standard InChI is InChI=1S/C15H29NO3S/c1-4-5-6-7-8-9-11-19-15(18)14(10-12-20-3)16-13(2)17/h14H,4-12H2,1-3H3,(H,16,17). The van der Waals surface area contributed by atoms with Crippen LogP contribution in [0.2, 0.25) is 0 Å². The zero-order chi connectivity index (χ0) is 15.2. The van der Waals surface area contributed by atoms with Crippen LogP contribution in [0.1, 0.15) is 58.8 Å². The van der Waals surface area contributed by atoms with Crippen LogP contribution >= 0.6 is 11.8 Å². The highest BCUT2D eigenvalue weighted by Crippen LogP contribution is 2.06. The number of esters is 1. The maximum Gasteiger partial charge on any atom is 0.328 e. The summed E-state index contributed by atoms with van der Waals surface area (Å²) >= 11 is 1.65. The van der Waals surface area contributed by atoms with Crippen molar-refractivity contribution >= 4 is 23.6 Å². The van der Waals surface area contributed by atoms with E-state index >= 15 is 0 Å². The van der Waals surface area contributed by atoms with Gasteiger partial charge in [-0.3, -0.25) is 4.79 Å². The van der Waals surface area contributed by atoms with Gasteiger partial charge >= 0.3 is 5.97 Å². The van der Waals surface area contributed by atoms with Gasteiger partial charge in [0.25, 0.3) is 0 Å². The molecule has 0 saturated heterocycles. The van der Waals surface area contributed by atoms with Gasteiger partial charge in [-0.05, 0) is 24.9 Å². The van der Waals surface area contributed by atoms with E-state index in [1.807, 2.05) is 6.26 Å². The normalized spacial score (nSPS) is 11.9. The molecule has 0 saturated carbocycles. The Kier molecular flexibility index (Phi) is 12.8. The Balaban J connectivity index is 3.79. The number of carbonyl (C=O) groups is 2. The number of ether oxygens (including phenoxy) is 1. The summed E-state index contributed by atoms with van der Waals surface area (Å²) < 4.78 is 5.25. The van der Waals surface area contributed by atoms with Gasteiger partial charge in [0.05, 0.1) is 6.61 Å². The lowest BCUT2D eigenvalue weighted by Gasteiger charge is -2.16. The van der Waals surface area contributed by atoms with Crippen molar-refractivity contribution in [2.45, 2.75) is 64.8 Å². The quantitative estimate of drug-likeness (QED) is 0.444. The molecular formula is C15H29NO3S. The number of rotatable bonds is 12. The van der Waals surface area contributed by atoms with Crippen molar-refractivity contribution in [2.75, 3.05) is 18.6 Å². The Hall–Kier alpha value is -0.710. The molecule has 0 heterocycles. The van der Waals surface area contributed by atoms with Crippen LogP contribution in [0.4, 0.5) is 0 Å². The Labute approximate surface area is 127 Å². The average molecular weight is 303 g/mol. The molecule has 1 unspecified atom stereocenters. The molecule has 0 aromatic carbocycles. The van der Waals surface area contributed by atoms with Crippen molar-refractivity contribution in [1.82, 2.24) is 5.32 Å². The molecular weight excluding hydrogens is 274 g/mol. The maximum absolute atomic E-state index is 11.9. The summed E-state index contributed by atoms with van der Waals surface area (Å²) in [6, 6.07) is -0.500. The van der Waals surface area contributed by atoms with Crippen molar-refractivity contribution in [3.63, 3.8) is 0 Å². The van der Waals surface area contributed by atoms with E-state index in [0.29, 0.717) is 13.0 Å². The van der Waals surface area contributed by atoms with Crippen molar-refractivity contribution < 1.29 is 14.3 Å². The van der Waals surface area contributed by atoms with Gasteiger partial charge in [-0.25, -0.2) is 4.79 Å². The largest absolute Gasteiger partial charge is 0.464 e. The van der Waals surface area contributed by atoms with Gasteiger partial charge in [0.2, 0.25) is 5.91 Å². The molecule has 20 heavy (non-hydrogen) atoms. The third-order valence-corrected chi connectivity index (χ3v) is 3.66. The second-order valence-corrected chi connectivity index (χ2v) is 5.96. The summed E-state index contributed by atoms with van der Waals surface area (Å²) in [5, 5.41) is 2.66. The molecule has 0 aromatic rings. The van der Waals surface area contributed by atoms with Gasteiger partial charge < -0.3 is 10.1 Å². The van der Waals surface area contributed by atoms with E-state index in [-0.39, 0.29) is 11.9 Å². The van der Waals surface area contributed by atoms with Crippen LogP contribution in [-0.2, 0) is 14.3 Å². The van der Waals surface area contributed by atoms with Crippen LogP contribution in [0, 0.1) is 0 Å². The van der Waals surface area contributed by atoms with Crippen LogP contribution in [-0.4, -0.2) is 36.5 Å². The highest BCUT2D eigenvalue weighted by Gasteiger charge is 2.20. The van der Waals surface area contributed by atoms with Crippen molar-refractivity contribution in [3.8, 4) is 0 Å². The summed E-state index contributed by atoms with van der Waals surface area (Å²) in [7, 11) is 0. The molecule has 0 radical (unpaired) electrons. The summed E-state index contributed by atoms with van der Waals surface area (Å²) in [5.41, 5.74) is 0. The lowest BCUT2D eigenvalue weighted by Crippen LogP contribution is -2.41. The van der Waals surface area contributed by atoms with E-state index in [4.69, 9.17) is 4.74 Å². The van der Waals surface area contributed by atoms with Crippen molar-refractivity contribution in [3.05, 3.63) is 0 Å². The van der Waals surface area contributed by atoms with Crippen molar-refractivity contribution in [2.24, 2.45) is 0 Å². The maximum atomic E-state index is 11.9. The summed E-state index contributed by atoms with van der Waals surface area (Å²) in [6.45, 7) is 4.08. The predicted octanol–water partition coefficient (Wildman–Crippen LogP) is 3.15. The van der Waals surface area contributed by atoms with Gasteiger partial charge in [-0.1, -0.05) is 39.0 Å². The third kappa shape index (κ3) is 11.1. The van der Waals surface area contributed by atoms with E-state index in [0.717, 1.165) is 18.6 Å². The molecule has 0 bridgehead atoms. The van der Waals surface area contributed by atoms with Gasteiger partial charge in [0.15, 0.2) is 0 Å². The van der Waals surface area contributed by atoms with Crippen LogP contribution < -0.4 is 5.32 Å². The summed E-state index contributed by atoms with van der Waals surface area (Å²) in [5.74, 6) is 0.340. The molecule has 1 amide bonds. The first kappa shape index (κ1) is 19.3. The lowest BCUT2D eigenvalue weighted by molar-refractivity contribution is -0.147. The molecule has 0 aliphatic carbocycles. The van der Waals surface area contributed by atoms with Crippen LogP contribution in [0.5, 0.6) is 0 Å². The summed E-state index contributed by atoms with van der Waals surface area (Å²) in [4.78, 5) is 22.9. The fourth-order valence-corrected chi connectivity index (χ4v) is 2.36. The second kappa shape index (κ2) is 13.3. The first-order chi connectivity index (χ1) is 9.61. The van der Waals surface area contributed by atoms with E-state index in [2.05, 4.69) is 12.2 Å². The SMILES string of the molecule is CCCCCCCCOC(=O)C(CCSC)NC(C)=O. The minimum Gasteiger partial charge on any atom is -0.464 e. The topological polar surface area (TPSA) is 55.4 Å². The number of carbonyl (C=O) groups excluding carboxylic acids is 2. The Morgan fingerprint density at radius 1 is 1.15 bits per heavy atom. The minimum absolute atomic E-state index is 0.187. The highest BCUT2D eigenvalue weighted by atomic mass is 32.2. The molecule has 0 aliphatic rings. The van der Waals surface area contributed by atoms with Gasteiger partial charge in [0.1, 0.15) is 6.04 Å². The van der Waals surface area contributed by atoms with Gasteiger partial charge in [-0.15, -0.1) is 0 Å². The minimum atomic E-state index is -0.500. The molecule has 118 valence electrons. The molecule has 4 nitrogen and oxygen atoms in total. The van der Waals surface area contributed by atoms with Crippen molar-refractivity contribution in [1.29, 1.82) is 0 Å². The van der Waals surface area contributed by atoms with Crippen LogP contribution in [0.25, 0.3) is 0 Å². The molecule has 1 N–H and O–H groups in total. The fraction of sp³-hybridized carbons (Fsp3) is 0.867. The molecule has 0 rings (SSSR count). The molecule has 0 fully saturated rings. The monoisotopic (exact) mass is 303 g/mol. The summed E-state index contributed by atoms with van der Waals surface area (Å²) in [6.07, 6.45) is 9.58. The number of hydrogen-bond acceptors (Lipinski definition) is 4. The molecule has 0 spiro atoms. The van der Waals surface area contributed by atoms with Crippen LogP contribution in [0.15, 0.2) is 0 Å². The highest BCUT2D eigenvalue weighted by molar-refractivity contribution is 7.98. The second-order valence-electron chi connectivity index (χ2n) is 4.97. The fourth-order valence-electron chi connectivity index (χ4n) is 1.89. The van der Waals surface area contributed by atoms with Gasteiger partial charge in [-0.2, -0.15) is 11.8 Å². The first-order valence-electron chi connectivity index (χ1n) is 7.54. The average Bonchev–Trinajstić information content (AvgIpc) is 2.41. The van der Waals surface area contributed by atoms with E-state index in [1.54, 1.807) is 11.8 Å². The Morgan fingerprint density at radius 2 is 1.80 bits per heavy atom. The third-order valence-electron chi connectivity index (χ3n) is 3.01. The number of thioether (sulfide) groups is 1. The predicted molar refractivity (Wildman–Crippen MR) is 84.9 cm³/mol. The molecule has 0 aliphatic heterocycles. The van der Waals surface area contributed by atoms with Crippen LogP contribution in [0.3, 0.4) is 0 Å². The van der Waals surface area contributed by atoms with E-state index in [1.165, 1.54) is 32.6 Å². The molecule has 5 heteroatoms. The molecule has 0 aromatic heterocycles. The number of hydrogen-bond donors (Lipinski definition) is 1. The number of unbranched alkanes of at least 4 members (excludes halogenated alkanes) is 5. The van der Waals surface area contributed by atoms with Gasteiger partial charge in [0, 0.05) is 6.92 Å². The molecule has 1 atom stereocenters. The number of nitrogens with one attached hydrogen (secondary N) is 1. The van der Waals surface area contributed by atoms with E-state index in [9.17, 15) is 9.59 Å². The first-order valence-corrected chi connectivity index (χ1v) is 8.93.